The molecular weight excluding hydrogens is 282 g/mol. The summed E-state index contributed by atoms with van der Waals surface area (Å²) in [5.41, 5.74) is 2.18. The summed E-state index contributed by atoms with van der Waals surface area (Å²) in [6.07, 6.45) is 2.70. The fourth-order valence-corrected chi connectivity index (χ4v) is 2.51. The lowest BCUT2D eigenvalue weighted by Crippen LogP contribution is -1.93. The molecule has 1 unspecified atom stereocenters. The van der Waals surface area contributed by atoms with Crippen LogP contribution < -0.4 is 0 Å². The van der Waals surface area contributed by atoms with Crippen molar-refractivity contribution in [3.63, 3.8) is 0 Å². The molecule has 0 aliphatic carbocycles. The average Bonchev–Trinajstić information content (AvgIpc) is 2.43. The molecule has 0 aliphatic rings. The lowest BCUT2D eigenvalue weighted by molar-refractivity contribution is 0.626. The monoisotopic (exact) mass is 296 g/mol. The van der Waals surface area contributed by atoms with E-state index in [1.165, 1.54) is 6.07 Å². The topological polar surface area (TPSA) is 0 Å². The third kappa shape index (κ3) is 4.22. The maximum absolute atomic E-state index is 13.0. The molecule has 0 bridgehead atoms. The van der Waals surface area contributed by atoms with Crippen molar-refractivity contribution in [2.24, 2.45) is 0 Å². The fourth-order valence-electron chi connectivity index (χ4n) is 2.01. The number of aryl methyl sites for hydroxylation is 1. The normalized spacial score (nSPS) is 12.4. The zero-order valence-electron chi connectivity index (χ0n) is 10.5. The lowest BCUT2D eigenvalue weighted by Gasteiger charge is -2.09. The van der Waals surface area contributed by atoms with Crippen LogP contribution in [0.2, 0.25) is 5.02 Å². The van der Waals surface area contributed by atoms with Crippen LogP contribution in [0.5, 0.6) is 0 Å². The van der Waals surface area contributed by atoms with Gasteiger partial charge in [0.1, 0.15) is 5.82 Å². The van der Waals surface area contributed by atoms with Gasteiger partial charge in [-0.3, -0.25) is 0 Å². The molecule has 2 aromatic carbocycles. The predicted molar refractivity (Wildman–Crippen MR) is 79.4 cm³/mol. The third-order valence-electron chi connectivity index (χ3n) is 3.07. The van der Waals surface area contributed by atoms with Crippen LogP contribution in [0.25, 0.3) is 0 Å². The minimum absolute atomic E-state index is 0.0251. The lowest BCUT2D eigenvalue weighted by atomic mass is 10.0. The highest BCUT2D eigenvalue weighted by Crippen LogP contribution is 2.26. The van der Waals surface area contributed by atoms with E-state index >= 15 is 0 Å². The molecule has 100 valence electrons. The fraction of sp³-hybridized carbons (Fsp3) is 0.250. The maximum atomic E-state index is 13.0. The van der Waals surface area contributed by atoms with Gasteiger partial charge in [0, 0.05) is 0 Å². The first-order valence-corrected chi connectivity index (χ1v) is 7.11. The summed E-state index contributed by atoms with van der Waals surface area (Å²) < 4.78 is 13.0. The Hall–Kier alpha value is -1.05. The Kier molecular flexibility index (Phi) is 5.24. The highest BCUT2D eigenvalue weighted by Gasteiger charge is 2.07. The van der Waals surface area contributed by atoms with E-state index in [0.717, 1.165) is 30.4 Å². The number of hydrogen-bond donors (Lipinski definition) is 0. The van der Waals surface area contributed by atoms with Crippen molar-refractivity contribution in [1.29, 1.82) is 0 Å². The average molecular weight is 297 g/mol. The van der Waals surface area contributed by atoms with Crippen molar-refractivity contribution in [2.45, 2.75) is 24.6 Å². The quantitative estimate of drug-likeness (QED) is 0.613. The molecule has 0 N–H and O–H groups in total. The molecule has 0 amide bonds. The zero-order valence-corrected chi connectivity index (χ0v) is 12.0. The molecule has 0 heterocycles. The summed E-state index contributed by atoms with van der Waals surface area (Å²) in [6.45, 7) is 0. The zero-order chi connectivity index (χ0) is 13.7. The Bertz CT molecular complexity index is 526. The number of halogens is 3. The van der Waals surface area contributed by atoms with Gasteiger partial charge in [0.15, 0.2) is 0 Å². The van der Waals surface area contributed by atoms with Crippen molar-refractivity contribution in [3.8, 4) is 0 Å². The van der Waals surface area contributed by atoms with E-state index in [9.17, 15) is 4.39 Å². The van der Waals surface area contributed by atoms with E-state index < -0.39 is 0 Å². The Morgan fingerprint density at radius 3 is 2.47 bits per heavy atom. The third-order valence-corrected chi connectivity index (χ3v) is 3.83. The van der Waals surface area contributed by atoms with E-state index in [1.54, 1.807) is 12.1 Å². The molecule has 0 fully saturated rings. The van der Waals surface area contributed by atoms with Crippen molar-refractivity contribution in [3.05, 3.63) is 70.5 Å². The molecule has 19 heavy (non-hydrogen) atoms. The van der Waals surface area contributed by atoms with Gasteiger partial charge in [-0.05, 0) is 42.5 Å². The van der Waals surface area contributed by atoms with Gasteiger partial charge >= 0.3 is 0 Å². The van der Waals surface area contributed by atoms with Crippen LogP contribution in [-0.2, 0) is 6.42 Å². The van der Waals surface area contributed by atoms with E-state index in [4.69, 9.17) is 23.2 Å². The second-order valence-electron chi connectivity index (χ2n) is 4.52. The first kappa shape index (κ1) is 14.4. The molecule has 0 spiro atoms. The molecule has 0 saturated heterocycles. The first-order chi connectivity index (χ1) is 9.16. The van der Waals surface area contributed by atoms with E-state index in [2.05, 4.69) is 0 Å². The van der Waals surface area contributed by atoms with E-state index in [-0.39, 0.29) is 16.2 Å². The van der Waals surface area contributed by atoms with Gasteiger partial charge in [0.25, 0.3) is 0 Å². The molecule has 2 rings (SSSR count). The van der Waals surface area contributed by atoms with E-state index in [0.29, 0.717) is 0 Å². The van der Waals surface area contributed by atoms with E-state index in [1.807, 2.05) is 30.3 Å². The second kappa shape index (κ2) is 6.93. The van der Waals surface area contributed by atoms with Crippen LogP contribution in [0.1, 0.15) is 29.3 Å². The van der Waals surface area contributed by atoms with Crippen LogP contribution >= 0.6 is 23.2 Å². The molecule has 1 atom stereocenters. The Balaban J connectivity index is 1.85. The highest BCUT2D eigenvalue weighted by molar-refractivity contribution is 6.30. The minimum atomic E-state index is -0.370. The number of alkyl halides is 1. The van der Waals surface area contributed by atoms with Gasteiger partial charge in [-0.15, -0.1) is 11.6 Å². The smallest absolute Gasteiger partial charge is 0.141 e. The van der Waals surface area contributed by atoms with Gasteiger partial charge in [-0.2, -0.15) is 0 Å². The minimum Gasteiger partial charge on any atom is -0.205 e. The molecule has 0 radical (unpaired) electrons. The second-order valence-corrected chi connectivity index (χ2v) is 5.45. The van der Waals surface area contributed by atoms with Gasteiger partial charge in [0.05, 0.1) is 10.4 Å². The SMILES string of the molecule is Fc1ccc(CCCC(Cl)c2ccccc2)cc1Cl. The summed E-state index contributed by atoms with van der Waals surface area (Å²) in [5, 5.41) is 0.208. The summed E-state index contributed by atoms with van der Waals surface area (Å²) in [6, 6.07) is 14.9. The van der Waals surface area contributed by atoms with Crippen LogP contribution in [0.4, 0.5) is 4.39 Å². The summed E-state index contributed by atoms with van der Waals surface area (Å²) in [5.74, 6) is -0.370. The number of benzene rings is 2. The van der Waals surface area contributed by atoms with Gasteiger partial charge < -0.3 is 0 Å². The molecule has 2 aromatic rings. The number of rotatable bonds is 5. The van der Waals surface area contributed by atoms with Gasteiger partial charge in [-0.1, -0.05) is 48.0 Å². The van der Waals surface area contributed by atoms with Crippen LogP contribution in [0, 0.1) is 5.82 Å². The van der Waals surface area contributed by atoms with Crippen LogP contribution in [-0.4, -0.2) is 0 Å². The summed E-state index contributed by atoms with van der Waals surface area (Å²) >= 11 is 12.1. The first-order valence-electron chi connectivity index (χ1n) is 6.30. The predicted octanol–water partition coefficient (Wildman–Crippen LogP) is 5.78. The van der Waals surface area contributed by atoms with Crippen LogP contribution in [0.15, 0.2) is 48.5 Å². The van der Waals surface area contributed by atoms with Crippen molar-refractivity contribution in [2.75, 3.05) is 0 Å². The Morgan fingerprint density at radius 2 is 1.79 bits per heavy atom. The molecule has 0 aliphatic heterocycles. The van der Waals surface area contributed by atoms with Gasteiger partial charge in [-0.25, -0.2) is 4.39 Å². The summed E-state index contributed by atoms with van der Waals surface area (Å²) in [4.78, 5) is 0. The number of hydrogen-bond acceptors (Lipinski definition) is 0. The van der Waals surface area contributed by atoms with Crippen molar-refractivity contribution in [1.82, 2.24) is 0 Å². The molecule has 0 saturated carbocycles. The molecular formula is C16H15Cl2F. The van der Waals surface area contributed by atoms with Crippen molar-refractivity contribution < 1.29 is 4.39 Å². The van der Waals surface area contributed by atoms with Crippen molar-refractivity contribution >= 4 is 23.2 Å². The molecule has 0 nitrogen and oxygen atoms in total. The Labute approximate surface area is 123 Å². The van der Waals surface area contributed by atoms with Crippen LogP contribution in [0.3, 0.4) is 0 Å². The Morgan fingerprint density at radius 1 is 1.05 bits per heavy atom. The maximum Gasteiger partial charge on any atom is 0.141 e. The van der Waals surface area contributed by atoms with Gasteiger partial charge in [0.2, 0.25) is 0 Å². The largest absolute Gasteiger partial charge is 0.205 e. The molecule has 3 heteroatoms. The standard InChI is InChI=1S/C16H15Cl2F/c17-14(13-6-2-1-3-7-13)8-4-5-12-9-10-16(19)15(18)11-12/h1-3,6-7,9-11,14H,4-5,8H2. The molecule has 0 aromatic heterocycles. The highest BCUT2D eigenvalue weighted by atomic mass is 35.5. The summed E-state index contributed by atoms with van der Waals surface area (Å²) in [7, 11) is 0.